The number of amidine groups is 1. The van der Waals surface area contributed by atoms with Crippen molar-refractivity contribution in [3.63, 3.8) is 0 Å². The van der Waals surface area contributed by atoms with E-state index < -0.39 is 26.0 Å². The Morgan fingerprint density at radius 1 is 0.970 bits per heavy atom. The Balaban J connectivity index is 1.84. The van der Waals surface area contributed by atoms with Crippen LogP contribution >= 0.6 is 0 Å². The number of ether oxygens (including phenoxy) is 1. The fourth-order valence-electron chi connectivity index (χ4n) is 3.28. The lowest BCUT2D eigenvalue weighted by Crippen LogP contribution is -2.49. The quantitative estimate of drug-likeness (QED) is 0.563. The zero-order chi connectivity index (χ0) is 23.8. The molecule has 11 heteroatoms. The van der Waals surface area contributed by atoms with Crippen molar-refractivity contribution >= 4 is 31.8 Å². The highest BCUT2D eigenvalue weighted by Crippen LogP contribution is 2.27. The van der Waals surface area contributed by atoms with Crippen LogP contribution in [0.3, 0.4) is 0 Å². The Labute approximate surface area is 191 Å². The maximum absolute atomic E-state index is 13.5. The summed E-state index contributed by atoms with van der Waals surface area (Å²) in [6.07, 6.45) is 0. The van der Waals surface area contributed by atoms with Gasteiger partial charge in [-0.2, -0.15) is 16.8 Å². The molecule has 0 aromatic heterocycles. The number of carbonyl (C=O) groups is 1. The molecule has 0 fully saturated rings. The number of nitrogens with one attached hydrogen (secondary N) is 1. The molecule has 4 rings (SSSR count). The van der Waals surface area contributed by atoms with E-state index in [1.165, 1.54) is 55.6 Å². The highest BCUT2D eigenvalue weighted by molar-refractivity contribution is 7.91. The number of sulfonamides is 2. The van der Waals surface area contributed by atoms with Gasteiger partial charge in [0.25, 0.3) is 26.0 Å². The van der Waals surface area contributed by atoms with Crippen LogP contribution in [0.15, 0.2) is 87.0 Å². The van der Waals surface area contributed by atoms with Crippen LogP contribution < -0.4 is 10.2 Å². The average molecular weight is 486 g/mol. The monoisotopic (exact) mass is 485 g/mol. The first-order chi connectivity index (χ1) is 15.6. The molecule has 1 aliphatic heterocycles. The number of fused-ring (bicyclic) bond motifs is 1. The Hall–Kier alpha value is -3.70. The van der Waals surface area contributed by atoms with Gasteiger partial charge in [-0.15, -0.1) is 8.81 Å². The predicted molar refractivity (Wildman–Crippen MR) is 121 cm³/mol. The standard InChI is InChI=1S/C22H19N3O6S2/c1-15-7-3-4-8-18(15)22(26)25(33(29,30)17-13-11-16(31-2)12-14-17)23-21-19-9-5-6-10-20(19)32(27,28)24-21/h3-14H,1-2H3,(H,23,24). The van der Waals surface area contributed by atoms with Crippen LogP contribution in [-0.4, -0.2) is 40.1 Å². The summed E-state index contributed by atoms with van der Waals surface area (Å²) in [7, 11) is -7.08. The third kappa shape index (κ3) is 4.08. The lowest BCUT2D eigenvalue weighted by atomic mass is 10.1. The van der Waals surface area contributed by atoms with E-state index in [0.29, 0.717) is 15.7 Å². The van der Waals surface area contributed by atoms with E-state index in [0.717, 1.165) is 0 Å². The normalized spacial score (nSPS) is 14.2. The van der Waals surface area contributed by atoms with Crippen molar-refractivity contribution in [3.8, 4) is 5.75 Å². The predicted octanol–water partition coefficient (Wildman–Crippen LogP) is 2.49. The van der Waals surface area contributed by atoms with Gasteiger partial charge in [0.15, 0.2) is 5.84 Å². The van der Waals surface area contributed by atoms with Crippen LogP contribution in [0.5, 0.6) is 5.75 Å². The molecule has 1 aliphatic rings. The van der Waals surface area contributed by atoms with Gasteiger partial charge >= 0.3 is 0 Å². The molecule has 3 aromatic rings. The maximum atomic E-state index is 13.5. The smallest absolute Gasteiger partial charge is 0.287 e. The molecule has 33 heavy (non-hydrogen) atoms. The summed E-state index contributed by atoms with van der Waals surface area (Å²) in [6, 6.07) is 17.9. The van der Waals surface area contributed by atoms with Gasteiger partial charge in [-0.3, -0.25) is 10.2 Å². The molecule has 0 saturated heterocycles. The highest BCUT2D eigenvalue weighted by Gasteiger charge is 2.36. The molecule has 0 atom stereocenters. The molecule has 3 aromatic carbocycles. The molecule has 0 spiro atoms. The number of carbonyl (C=O) groups excluding carboxylic acids is 1. The van der Waals surface area contributed by atoms with E-state index in [9.17, 15) is 21.6 Å². The summed E-state index contributed by atoms with van der Waals surface area (Å²) in [4.78, 5) is 13.1. The fraction of sp³-hybridized carbons (Fsp3) is 0.0909. The van der Waals surface area contributed by atoms with Gasteiger partial charge in [0.05, 0.1) is 12.0 Å². The lowest BCUT2D eigenvalue weighted by molar-refractivity contribution is 0.0837. The average Bonchev–Trinajstić information content (AvgIpc) is 3.07. The minimum Gasteiger partial charge on any atom is -0.497 e. The van der Waals surface area contributed by atoms with Gasteiger partial charge in [0.1, 0.15) is 10.6 Å². The van der Waals surface area contributed by atoms with E-state index >= 15 is 0 Å². The molecule has 1 N–H and O–H groups in total. The van der Waals surface area contributed by atoms with Crippen LogP contribution in [0, 0.1) is 6.92 Å². The molecular weight excluding hydrogens is 466 g/mol. The number of amides is 1. The third-order valence-corrected chi connectivity index (χ3v) is 7.94. The van der Waals surface area contributed by atoms with Crippen molar-refractivity contribution < 1.29 is 26.4 Å². The number of methoxy groups -OCH3 is 1. The fourth-order valence-corrected chi connectivity index (χ4v) is 5.66. The van der Waals surface area contributed by atoms with E-state index in [2.05, 4.69) is 9.82 Å². The molecule has 9 nitrogen and oxygen atoms in total. The van der Waals surface area contributed by atoms with Crippen LogP contribution in [0.1, 0.15) is 21.5 Å². The molecule has 1 amide bonds. The van der Waals surface area contributed by atoms with E-state index in [4.69, 9.17) is 4.74 Å². The van der Waals surface area contributed by atoms with Gasteiger partial charge in [-0.1, -0.05) is 30.3 Å². The molecule has 0 saturated carbocycles. The molecule has 0 bridgehead atoms. The third-order valence-electron chi connectivity index (χ3n) is 5.00. The second-order valence-corrected chi connectivity index (χ2v) is 10.4. The first-order valence-corrected chi connectivity index (χ1v) is 12.5. The van der Waals surface area contributed by atoms with Crippen LogP contribution in [0.25, 0.3) is 0 Å². The minimum absolute atomic E-state index is 0.0855. The zero-order valence-electron chi connectivity index (χ0n) is 17.6. The first kappa shape index (κ1) is 22.5. The number of aryl methyl sites for hydroxylation is 1. The maximum Gasteiger partial charge on any atom is 0.287 e. The van der Waals surface area contributed by atoms with E-state index in [1.807, 2.05) is 0 Å². The number of rotatable bonds is 4. The van der Waals surface area contributed by atoms with Crippen molar-refractivity contribution in [1.82, 2.24) is 9.84 Å². The van der Waals surface area contributed by atoms with Crippen molar-refractivity contribution in [2.45, 2.75) is 16.7 Å². The summed E-state index contributed by atoms with van der Waals surface area (Å²) < 4.78 is 61.0. The number of nitrogens with zero attached hydrogens (tertiary/aromatic N) is 2. The van der Waals surface area contributed by atoms with Crippen LogP contribution in [0.4, 0.5) is 0 Å². The Morgan fingerprint density at radius 2 is 1.61 bits per heavy atom. The van der Waals surface area contributed by atoms with Crippen LogP contribution in [0.2, 0.25) is 0 Å². The molecular formula is C22H19N3O6S2. The summed E-state index contributed by atoms with van der Waals surface area (Å²) >= 11 is 0. The first-order valence-electron chi connectivity index (χ1n) is 9.65. The second-order valence-electron chi connectivity index (χ2n) is 7.09. The van der Waals surface area contributed by atoms with Crippen LogP contribution in [-0.2, 0) is 20.0 Å². The largest absolute Gasteiger partial charge is 0.497 e. The molecule has 170 valence electrons. The van der Waals surface area contributed by atoms with Gasteiger partial charge in [-0.05, 0) is 55.0 Å². The van der Waals surface area contributed by atoms with Crippen molar-refractivity contribution in [2.24, 2.45) is 4.40 Å². The second kappa shape index (κ2) is 8.34. The summed E-state index contributed by atoms with van der Waals surface area (Å²) in [6.45, 7) is 1.66. The minimum atomic E-state index is -4.48. The van der Waals surface area contributed by atoms with Gasteiger partial charge in [0.2, 0.25) is 0 Å². The molecule has 0 aliphatic carbocycles. The number of benzene rings is 3. The molecule has 0 unspecified atom stereocenters. The van der Waals surface area contributed by atoms with Crippen molar-refractivity contribution in [2.75, 3.05) is 7.11 Å². The number of hydrogen-bond donors (Lipinski definition) is 1. The van der Waals surface area contributed by atoms with Gasteiger partial charge in [0, 0.05) is 11.1 Å². The SMILES string of the molecule is COc1ccc(S(=O)(=O)N(NC2=NS(=O)(=O)c3ccccc32)C(=O)c2ccccc2C)cc1. The number of hydrogen-bond acceptors (Lipinski definition) is 7. The zero-order valence-corrected chi connectivity index (χ0v) is 19.2. The highest BCUT2D eigenvalue weighted by atomic mass is 32.2. The summed E-state index contributed by atoms with van der Waals surface area (Å²) in [5.41, 5.74) is 3.28. The molecule has 0 radical (unpaired) electrons. The topological polar surface area (TPSA) is 122 Å². The van der Waals surface area contributed by atoms with E-state index in [-0.39, 0.29) is 26.8 Å². The Kier molecular flexibility index (Phi) is 5.68. The van der Waals surface area contributed by atoms with Gasteiger partial charge < -0.3 is 4.74 Å². The van der Waals surface area contributed by atoms with Gasteiger partial charge in [-0.25, -0.2) is 0 Å². The Bertz CT molecular complexity index is 1480. The molecule has 1 heterocycles. The van der Waals surface area contributed by atoms with Crippen molar-refractivity contribution in [3.05, 3.63) is 89.5 Å². The number of hydrazine groups is 1. The summed E-state index contributed by atoms with van der Waals surface area (Å²) in [5, 5.41) is 0. The lowest BCUT2D eigenvalue weighted by Gasteiger charge is -2.24. The Morgan fingerprint density at radius 3 is 2.27 bits per heavy atom. The van der Waals surface area contributed by atoms with Crippen molar-refractivity contribution in [1.29, 1.82) is 0 Å². The van der Waals surface area contributed by atoms with E-state index in [1.54, 1.807) is 31.2 Å². The summed E-state index contributed by atoms with van der Waals surface area (Å²) in [5.74, 6) is -0.739.